The second-order valence-corrected chi connectivity index (χ2v) is 3.50. The Hall–Kier alpha value is -1.25. The molecule has 80 valence electrons. The van der Waals surface area contributed by atoms with Crippen molar-refractivity contribution in [3.05, 3.63) is 23.3 Å². The Morgan fingerprint density at radius 1 is 1.29 bits per heavy atom. The minimum atomic E-state index is -0.724. The van der Waals surface area contributed by atoms with Gasteiger partial charge in [0.15, 0.2) is 0 Å². The molecule has 0 unspecified atom stereocenters. The fraction of sp³-hybridized carbons (Fsp3) is 0.545. The maximum Gasteiger partial charge on any atom is 0.404 e. The van der Waals surface area contributed by atoms with Gasteiger partial charge in [-0.15, -0.1) is 0 Å². The Bertz CT molecular complexity index is 238. The van der Waals surface area contributed by atoms with Gasteiger partial charge in [-0.25, -0.2) is 4.79 Å². The summed E-state index contributed by atoms with van der Waals surface area (Å²) >= 11 is 0. The molecule has 0 aromatic heterocycles. The van der Waals surface area contributed by atoms with E-state index < -0.39 is 6.09 Å². The van der Waals surface area contributed by atoms with Crippen LogP contribution in [-0.2, 0) is 4.74 Å². The first-order valence-electron chi connectivity index (χ1n) is 4.73. The van der Waals surface area contributed by atoms with E-state index in [-0.39, 0.29) is 6.61 Å². The van der Waals surface area contributed by atoms with Gasteiger partial charge in [0, 0.05) is 0 Å². The molecule has 0 fully saturated rings. The molecule has 14 heavy (non-hydrogen) atoms. The fourth-order valence-electron chi connectivity index (χ4n) is 0.957. The predicted octanol–water partition coefficient (Wildman–Crippen LogP) is 2.77. The second kappa shape index (κ2) is 7.18. The Kier molecular flexibility index (Phi) is 6.54. The van der Waals surface area contributed by atoms with E-state index in [4.69, 9.17) is 5.73 Å². The summed E-state index contributed by atoms with van der Waals surface area (Å²) in [6.45, 7) is 6.45. The van der Waals surface area contributed by atoms with Crippen molar-refractivity contribution in [3.63, 3.8) is 0 Å². The lowest BCUT2D eigenvalue weighted by Crippen LogP contribution is -2.12. The average Bonchev–Trinajstić information content (AvgIpc) is 2.02. The molecular weight excluding hydrogens is 178 g/mol. The molecule has 0 saturated heterocycles. The van der Waals surface area contributed by atoms with Crippen molar-refractivity contribution in [1.29, 1.82) is 0 Å². The van der Waals surface area contributed by atoms with E-state index in [9.17, 15) is 4.79 Å². The van der Waals surface area contributed by atoms with Crippen LogP contribution in [0.15, 0.2) is 23.3 Å². The highest BCUT2D eigenvalue weighted by atomic mass is 16.5. The molecule has 0 radical (unpaired) electrons. The van der Waals surface area contributed by atoms with Crippen molar-refractivity contribution < 1.29 is 9.53 Å². The molecular formula is C11H19NO2. The number of nitrogens with two attached hydrogens (primary N) is 1. The molecule has 0 aliphatic carbocycles. The quantitative estimate of drug-likeness (QED) is 0.689. The molecule has 0 bridgehead atoms. The topological polar surface area (TPSA) is 52.3 Å². The standard InChI is InChI=1S/C11H19NO2/c1-9(2)5-4-6-10(3)7-8-14-11(12)13/h5,7H,4,6,8H2,1-3H3,(H2,12,13). The van der Waals surface area contributed by atoms with Crippen LogP contribution < -0.4 is 5.73 Å². The molecule has 0 aromatic rings. The maximum atomic E-state index is 10.2. The van der Waals surface area contributed by atoms with Crippen LogP contribution in [0.5, 0.6) is 0 Å². The minimum Gasteiger partial charge on any atom is -0.445 e. The molecule has 0 rings (SSSR count). The third kappa shape index (κ3) is 8.84. The van der Waals surface area contributed by atoms with Crippen molar-refractivity contribution >= 4 is 6.09 Å². The number of amides is 1. The molecule has 2 N–H and O–H groups in total. The first-order valence-corrected chi connectivity index (χ1v) is 4.73. The fourth-order valence-corrected chi connectivity index (χ4v) is 0.957. The molecule has 3 nitrogen and oxygen atoms in total. The van der Waals surface area contributed by atoms with Crippen molar-refractivity contribution in [2.45, 2.75) is 33.6 Å². The SMILES string of the molecule is CC(C)=CCCC(C)=CCOC(N)=O. The summed E-state index contributed by atoms with van der Waals surface area (Å²) in [6.07, 6.45) is 5.36. The molecule has 0 heterocycles. The van der Waals surface area contributed by atoms with Gasteiger partial charge in [0.25, 0.3) is 0 Å². The molecule has 0 aromatic carbocycles. The van der Waals surface area contributed by atoms with Gasteiger partial charge >= 0.3 is 6.09 Å². The Balaban J connectivity index is 3.67. The zero-order valence-electron chi connectivity index (χ0n) is 9.17. The maximum absolute atomic E-state index is 10.2. The number of primary amides is 1. The van der Waals surface area contributed by atoms with Gasteiger partial charge in [0.1, 0.15) is 6.61 Å². The van der Waals surface area contributed by atoms with Gasteiger partial charge < -0.3 is 10.5 Å². The van der Waals surface area contributed by atoms with Crippen LogP contribution in [0.1, 0.15) is 33.6 Å². The third-order valence-electron chi connectivity index (χ3n) is 1.75. The van der Waals surface area contributed by atoms with Gasteiger partial charge in [-0.3, -0.25) is 0 Å². The van der Waals surface area contributed by atoms with Crippen molar-refractivity contribution in [3.8, 4) is 0 Å². The number of ether oxygens (including phenoxy) is 1. The summed E-state index contributed by atoms with van der Waals surface area (Å²) < 4.78 is 4.59. The highest BCUT2D eigenvalue weighted by molar-refractivity contribution is 5.64. The lowest BCUT2D eigenvalue weighted by atomic mass is 10.1. The van der Waals surface area contributed by atoms with Crippen LogP contribution in [0, 0.1) is 0 Å². The average molecular weight is 197 g/mol. The lowest BCUT2D eigenvalue weighted by molar-refractivity contribution is 0.169. The molecule has 1 amide bonds. The number of allylic oxidation sites excluding steroid dienone is 3. The predicted molar refractivity (Wildman–Crippen MR) is 58.0 cm³/mol. The van der Waals surface area contributed by atoms with E-state index in [1.807, 2.05) is 13.0 Å². The highest BCUT2D eigenvalue weighted by Crippen LogP contribution is 2.06. The van der Waals surface area contributed by atoms with Crippen LogP contribution in [0.25, 0.3) is 0 Å². The smallest absolute Gasteiger partial charge is 0.404 e. The molecule has 0 saturated carbocycles. The molecule has 3 heteroatoms. The lowest BCUT2D eigenvalue weighted by Gasteiger charge is -1.99. The highest BCUT2D eigenvalue weighted by Gasteiger charge is 1.91. The van der Waals surface area contributed by atoms with Gasteiger partial charge in [0.2, 0.25) is 0 Å². The summed E-state index contributed by atoms with van der Waals surface area (Å²) in [5.74, 6) is 0. The Morgan fingerprint density at radius 3 is 2.43 bits per heavy atom. The summed E-state index contributed by atoms with van der Waals surface area (Å²) in [5, 5.41) is 0. The van der Waals surface area contributed by atoms with E-state index in [0.29, 0.717) is 0 Å². The van der Waals surface area contributed by atoms with Crippen LogP contribution in [0.3, 0.4) is 0 Å². The second-order valence-electron chi connectivity index (χ2n) is 3.50. The Morgan fingerprint density at radius 2 is 1.93 bits per heavy atom. The first-order chi connectivity index (χ1) is 6.52. The molecule has 0 spiro atoms. The van der Waals surface area contributed by atoms with Gasteiger partial charge in [0.05, 0.1) is 0 Å². The first kappa shape index (κ1) is 12.8. The Labute approximate surface area is 85.6 Å². The number of hydrogen-bond acceptors (Lipinski definition) is 2. The summed E-state index contributed by atoms with van der Waals surface area (Å²) in [6, 6.07) is 0. The van der Waals surface area contributed by atoms with E-state index in [1.54, 1.807) is 0 Å². The van der Waals surface area contributed by atoms with Crippen molar-refractivity contribution in [2.24, 2.45) is 5.73 Å². The van der Waals surface area contributed by atoms with Gasteiger partial charge in [-0.05, 0) is 39.7 Å². The van der Waals surface area contributed by atoms with Crippen LogP contribution in [-0.4, -0.2) is 12.7 Å². The summed E-state index contributed by atoms with van der Waals surface area (Å²) in [7, 11) is 0. The van der Waals surface area contributed by atoms with E-state index in [2.05, 4.69) is 24.7 Å². The number of carbonyl (C=O) groups is 1. The van der Waals surface area contributed by atoms with Crippen LogP contribution >= 0.6 is 0 Å². The van der Waals surface area contributed by atoms with Gasteiger partial charge in [-0.2, -0.15) is 0 Å². The number of carbonyl (C=O) groups excluding carboxylic acids is 1. The minimum absolute atomic E-state index is 0.274. The van der Waals surface area contributed by atoms with Crippen LogP contribution in [0.2, 0.25) is 0 Å². The number of hydrogen-bond donors (Lipinski definition) is 1. The zero-order valence-corrected chi connectivity index (χ0v) is 9.17. The van der Waals surface area contributed by atoms with E-state index in [0.717, 1.165) is 12.8 Å². The molecule has 0 aliphatic heterocycles. The third-order valence-corrected chi connectivity index (χ3v) is 1.75. The summed E-state index contributed by atoms with van der Waals surface area (Å²) in [4.78, 5) is 10.2. The zero-order chi connectivity index (χ0) is 11.0. The van der Waals surface area contributed by atoms with E-state index >= 15 is 0 Å². The van der Waals surface area contributed by atoms with Crippen LogP contribution in [0.4, 0.5) is 4.79 Å². The normalized spacial score (nSPS) is 10.9. The summed E-state index contributed by atoms with van der Waals surface area (Å²) in [5.41, 5.74) is 7.36. The molecule has 0 atom stereocenters. The number of rotatable bonds is 5. The van der Waals surface area contributed by atoms with Crippen molar-refractivity contribution in [2.75, 3.05) is 6.61 Å². The molecule has 0 aliphatic rings. The van der Waals surface area contributed by atoms with Crippen molar-refractivity contribution in [1.82, 2.24) is 0 Å². The van der Waals surface area contributed by atoms with Gasteiger partial charge in [-0.1, -0.05) is 17.2 Å². The van der Waals surface area contributed by atoms with E-state index in [1.165, 1.54) is 11.1 Å². The monoisotopic (exact) mass is 197 g/mol. The largest absolute Gasteiger partial charge is 0.445 e.